The molecule has 0 N–H and O–H groups in total. The van der Waals surface area contributed by atoms with Gasteiger partial charge in [0, 0.05) is 18.7 Å². The third-order valence-electron chi connectivity index (χ3n) is 4.49. The lowest BCUT2D eigenvalue weighted by atomic mass is 10.1. The molecule has 134 valence electrons. The molecule has 1 aliphatic heterocycles. The number of nitrogens with zero attached hydrogens (tertiary/aromatic N) is 3. The van der Waals surface area contributed by atoms with Crippen LogP contribution in [0.3, 0.4) is 0 Å². The van der Waals surface area contributed by atoms with Crippen molar-refractivity contribution in [3.8, 4) is 10.8 Å². The molecule has 0 saturated carbocycles. The third-order valence-corrected chi connectivity index (χ3v) is 5.35. The first-order valence-electron chi connectivity index (χ1n) is 8.71. The standard InChI is InChI=1S/C19H19N3O3S/c23-18(21-9-2-1-3-10-21)15-7-4-6-14(12-15)13-22-19(24)25-17(20-22)16-8-5-11-26-16/h4-8,11-12H,1-3,9-10,13H2. The molecule has 0 bridgehead atoms. The number of thiophene rings is 1. The predicted molar refractivity (Wildman–Crippen MR) is 99.4 cm³/mol. The Balaban J connectivity index is 1.54. The molecule has 2 aromatic heterocycles. The zero-order valence-electron chi connectivity index (χ0n) is 14.3. The number of aromatic nitrogens is 2. The number of hydrogen-bond acceptors (Lipinski definition) is 5. The van der Waals surface area contributed by atoms with Gasteiger partial charge < -0.3 is 9.32 Å². The SMILES string of the molecule is O=C(c1cccc(Cn2nc(-c3cccs3)oc2=O)c1)N1CCCCC1. The second kappa shape index (κ2) is 7.29. The van der Waals surface area contributed by atoms with Crippen molar-refractivity contribution in [2.24, 2.45) is 0 Å². The van der Waals surface area contributed by atoms with Crippen LogP contribution >= 0.6 is 11.3 Å². The molecule has 1 aromatic carbocycles. The summed E-state index contributed by atoms with van der Waals surface area (Å²) in [5.74, 6) is -0.120. The van der Waals surface area contributed by atoms with Crippen molar-refractivity contribution in [2.45, 2.75) is 25.8 Å². The molecule has 0 aliphatic carbocycles. The first-order valence-corrected chi connectivity index (χ1v) is 9.59. The monoisotopic (exact) mass is 369 g/mol. The van der Waals surface area contributed by atoms with Crippen molar-refractivity contribution >= 4 is 17.2 Å². The van der Waals surface area contributed by atoms with Gasteiger partial charge in [-0.15, -0.1) is 16.4 Å². The Labute approximate surface area is 154 Å². The average molecular weight is 369 g/mol. The number of carbonyl (C=O) groups is 1. The van der Waals surface area contributed by atoms with Crippen LogP contribution in [0.15, 0.2) is 51.0 Å². The topological polar surface area (TPSA) is 68.3 Å². The maximum absolute atomic E-state index is 12.7. The second-order valence-corrected chi connectivity index (χ2v) is 7.31. The fourth-order valence-electron chi connectivity index (χ4n) is 3.16. The van der Waals surface area contributed by atoms with Crippen molar-refractivity contribution in [2.75, 3.05) is 13.1 Å². The summed E-state index contributed by atoms with van der Waals surface area (Å²) in [5, 5.41) is 6.17. The van der Waals surface area contributed by atoms with Gasteiger partial charge >= 0.3 is 5.76 Å². The molecule has 0 radical (unpaired) electrons. The van der Waals surface area contributed by atoms with E-state index in [0.717, 1.165) is 36.4 Å². The van der Waals surface area contributed by atoms with E-state index in [2.05, 4.69) is 5.10 Å². The van der Waals surface area contributed by atoms with E-state index in [1.165, 1.54) is 22.4 Å². The quantitative estimate of drug-likeness (QED) is 0.708. The predicted octanol–water partition coefficient (Wildman–Crippen LogP) is 3.24. The van der Waals surface area contributed by atoms with Gasteiger partial charge in [-0.1, -0.05) is 18.2 Å². The van der Waals surface area contributed by atoms with Gasteiger partial charge in [-0.25, -0.2) is 4.79 Å². The number of amides is 1. The molecular formula is C19H19N3O3S. The lowest BCUT2D eigenvalue weighted by molar-refractivity contribution is 0.0724. The number of piperidine rings is 1. The van der Waals surface area contributed by atoms with Crippen LogP contribution in [0.2, 0.25) is 0 Å². The van der Waals surface area contributed by atoms with E-state index in [9.17, 15) is 9.59 Å². The number of benzene rings is 1. The number of hydrogen-bond donors (Lipinski definition) is 0. The van der Waals surface area contributed by atoms with E-state index >= 15 is 0 Å². The Kier molecular flexibility index (Phi) is 4.71. The summed E-state index contributed by atoms with van der Waals surface area (Å²) in [4.78, 5) is 27.4. The summed E-state index contributed by atoms with van der Waals surface area (Å²) < 4.78 is 6.53. The summed E-state index contributed by atoms with van der Waals surface area (Å²) in [7, 11) is 0. The van der Waals surface area contributed by atoms with Gasteiger partial charge in [-0.2, -0.15) is 4.68 Å². The van der Waals surface area contributed by atoms with Crippen molar-refractivity contribution in [1.82, 2.24) is 14.7 Å². The van der Waals surface area contributed by atoms with Gasteiger partial charge in [0.05, 0.1) is 11.4 Å². The van der Waals surface area contributed by atoms with Crippen LogP contribution in [0.4, 0.5) is 0 Å². The molecule has 0 unspecified atom stereocenters. The highest BCUT2D eigenvalue weighted by atomic mass is 32.1. The molecule has 7 heteroatoms. The average Bonchev–Trinajstić information content (AvgIpc) is 3.33. The zero-order valence-corrected chi connectivity index (χ0v) is 15.1. The highest BCUT2D eigenvalue weighted by molar-refractivity contribution is 7.13. The minimum Gasteiger partial charge on any atom is -0.387 e. The summed E-state index contributed by atoms with van der Waals surface area (Å²) >= 11 is 1.47. The Bertz CT molecular complexity index is 953. The molecule has 1 aliphatic rings. The number of likely N-dealkylation sites (tertiary alicyclic amines) is 1. The second-order valence-electron chi connectivity index (χ2n) is 6.36. The van der Waals surface area contributed by atoms with Gasteiger partial charge in [0.1, 0.15) is 0 Å². The molecule has 0 atom stereocenters. The van der Waals surface area contributed by atoms with Crippen LogP contribution in [0.5, 0.6) is 0 Å². The van der Waals surface area contributed by atoms with Crippen molar-refractivity contribution in [1.29, 1.82) is 0 Å². The Hall–Kier alpha value is -2.67. The number of rotatable bonds is 4. The normalized spacial score (nSPS) is 14.5. The Morgan fingerprint density at radius 3 is 2.77 bits per heavy atom. The van der Waals surface area contributed by atoms with Gasteiger partial charge in [0.15, 0.2) is 0 Å². The highest BCUT2D eigenvalue weighted by Crippen LogP contribution is 2.21. The molecule has 4 rings (SSSR count). The molecule has 3 heterocycles. The van der Waals surface area contributed by atoms with Gasteiger partial charge in [0.25, 0.3) is 11.8 Å². The number of carbonyl (C=O) groups excluding carboxylic acids is 1. The Morgan fingerprint density at radius 2 is 2.00 bits per heavy atom. The summed E-state index contributed by atoms with van der Waals surface area (Å²) in [5.41, 5.74) is 1.50. The van der Waals surface area contributed by atoms with E-state index in [0.29, 0.717) is 11.5 Å². The lowest BCUT2D eigenvalue weighted by Gasteiger charge is -2.26. The van der Waals surface area contributed by atoms with Crippen molar-refractivity contribution in [3.05, 3.63) is 63.5 Å². The minimum absolute atomic E-state index is 0.0540. The van der Waals surface area contributed by atoms with Gasteiger partial charge in [-0.3, -0.25) is 4.79 Å². The summed E-state index contributed by atoms with van der Waals surface area (Å²) in [6.45, 7) is 1.90. The van der Waals surface area contributed by atoms with E-state index < -0.39 is 5.76 Å². The van der Waals surface area contributed by atoms with Crippen molar-refractivity contribution < 1.29 is 9.21 Å². The molecule has 26 heavy (non-hydrogen) atoms. The minimum atomic E-state index is -0.499. The van der Waals surface area contributed by atoms with E-state index in [-0.39, 0.29) is 12.5 Å². The third kappa shape index (κ3) is 3.48. The van der Waals surface area contributed by atoms with Gasteiger partial charge in [0.2, 0.25) is 0 Å². The summed E-state index contributed by atoms with van der Waals surface area (Å²) in [6.07, 6.45) is 3.31. The van der Waals surface area contributed by atoms with Crippen LogP contribution < -0.4 is 5.76 Å². The molecule has 0 spiro atoms. The Morgan fingerprint density at radius 1 is 1.15 bits per heavy atom. The van der Waals surface area contributed by atoms with Crippen LogP contribution in [-0.4, -0.2) is 33.7 Å². The van der Waals surface area contributed by atoms with Crippen LogP contribution in [0.25, 0.3) is 10.8 Å². The first-order chi connectivity index (χ1) is 12.7. The van der Waals surface area contributed by atoms with Crippen LogP contribution in [0.1, 0.15) is 35.2 Å². The maximum atomic E-state index is 12.7. The molecule has 1 saturated heterocycles. The fourth-order valence-corrected chi connectivity index (χ4v) is 3.81. The highest BCUT2D eigenvalue weighted by Gasteiger charge is 2.18. The molecule has 3 aromatic rings. The molecule has 1 fully saturated rings. The molecule has 1 amide bonds. The van der Waals surface area contributed by atoms with E-state index in [4.69, 9.17) is 4.42 Å². The summed E-state index contributed by atoms with van der Waals surface area (Å²) in [6, 6.07) is 11.1. The maximum Gasteiger partial charge on any atom is 0.437 e. The van der Waals surface area contributed by atoms with Crippen LogP contribution in [-0.2, 0) is 6.54 Å². The van der Waals surface area contributed by atoms with E-state index in [1.807, 2.05) is 46.7 Å². The first kappa shape index (κ1) is 16.8. The molecule has 6 nitrogen and oxygen atoms in total. The smallest absolute Gasteiger partial charge is 0.387 e. The largest absolute Gasteiger partial charge is 0.437 e. The fraction of sp³-hybridized carbons (Fsp3) is 0.316. The zero-order chi connectivity index (χ0) is 17.9. The lowest BCUT2D eigenvalue weighted by Crippen LogP contribution is -2.35. The van der Waals surface area contributed by atoms with E-state index in [1.54, 1.807) is 0 Å². The van der Waals surface area contributed by atoms with Gasteiger partial charge in [-0.05, 0) is 48.4 Å². The van der Waals surface area contributed by atoms with Crippen molar-refractivity contribution in [3.63, 3.8) is 0 Å². The molecular weight excluding hydrogens is 350 g/mol. The van der Waals surface area contributed by atoms with Crippen LogP contribution in [0, 0.1) is 0 Å².